The molecule has 2 aliphatic rings. The van der Waals surface area contributed by atoms with Gasteiger partial charge in [-0.2, -0.15) is 5.11 Å². The molecule has 2 aromatic rings. The lowest BCUT2D eigenvalue weighted by Crippen LogP contribution is -2.43. The molecule has 4 rings (SSSR count). The van der Waals surface area contributed by atoms with E-state index in [0.29, 0.717) is 22.9 Å². The number of nitrogens with zero attached hydrogens (tertiary/aromatic N) is 4. The molecule has 0 bridgehead atoms. The zero-order chi connectivity index (χ0) is 22.1. The largest absolute Gasteiger partial charge is 0.493 e. The van der Waals surface area contributed by atoms with Crippen molar-refractivity contribution >= 4 is 45.0 Å². The Bertz CT molecular complexity index is 1070. The number of halogens is 1. The Morgan fingerprint density at radius 3 is 2.45 bits per heavy atom. The van der Waals surface area contributed by atoms with Crippen LogP contribution in [0.3, 0.4) is 0 Å². The molecule has 0 spiro atoms. The molecule has 0 radical (unpaired) electrons. The Morgan fingerprint density at radius 2 is 1.77 bits per heavy atom. The van der Waals surface area contributed by atoms with Crippen LogP contribution in [0.2, 0.25) is 0 Å². The van der Waals surface area contributed by atoms with Gasteiger partial charge in [0.15, 0.2) is 23.6 Å². The lowest BCUT2D eigenvalue weighted by atomic mass is 10.1. The lowest BCUT2D eigenvalue weighted by Gasteiger charge is -2.20. The minimum absolute atomic E-state index is 0.244. The minimum Gasteiger partial charge on any atom is -0.493 e. The van der Waals surface area contributed by atoms with E-state index in [-0.39, 0.29) is 6.54 Å². The standard InChI is InChI=1S/C20H18BrN5O5/c1-30-14-8-5-12(9-15(14)31-2)22-16(27)10-25-18-17(23-24-25)19(28)26(20(18)29)13-6-3-11(21)4-7-13/h3-9,17-18H,10H2,1-2H3,(H,22,27)/t17-,18+/m0/s1. The SMILES string of the molecule is COc1ccc(NC(=O)CN2N=N[C@@H]3C(=O)N(c4ccc(Br)cc4)C(=O)[C@@H]32)cc1OC. The summed E-state index contributed by atoms with van der Waals surface area (Å²) in [6.45, 7) is -0.244. The number of ether oxygens (including phenoxy) is 2. The number of carbonyl (C=O) groups is 3. The Labute approximate surface area is 185 Å². The number of amides is 3. The number of methoxy groups -OCH3 is 2. The monoisotopic (exact) mass is 487 g/mol. The molecule has 31 heavy (non-hydrogen) atoms. The Hall–Kier alpha value is -3.47. The molecule has 0 aliphatic carbocycles. The average molecular weight is 488 g/mol. The third kappa shape index (κ3) is 3.83. The number of carbonyl (C=O) groups excluding carboxylic acids is 3. The van der Waals surface area contributed by atoms with Crippen LogP contribution < -0.4 is 19.7 Å². The number of hydrogen-bond acceptors (Lipinski definition) is 8. The number of benzene rings is 2. The molecule has 2 atom stereocenters. The lowest BCUT2D eigenvalue weighted by molar-refractivity contribution is -0.123. The van der Waals surface area contributed by atoms with Crippen molar-refractivity contribution < 1.29 is 23.9 Å². The fraction of sp³-hybridized carbons (Fsp3) is 0.250. The second-order valence-corrected chi connectivity index (χ2v) is 7.71. The summed E-state index contributed by atoms with van der Waals surface area (Å²) >= 11 is 3.32. The third-order valence-electron chi connectivity index (χ3n) is 4.92. The Kier molecular flexibility index (Phi) is 5.59. The van der Waals surface area contributed by atoms with Gasteiger partial charge in [0.25, 0.3) is 11.8 Å². The fourth-order valence-electron chi connectivity index (χ4n) is 3.46. The van der Waals surface area contributed by atoms with Gasteiger partial charge >= 0.3 is 0 Å². The van der Waals surface area contributed by atoms with Crippen LogP contribution in [0, 0.1) is 0 Å². The van der Waals surface area contributed by atoms with Gasteiger partial charge in [0, 0.05) is 16.2 Å². The number of imide groups is 1. The van der Waals surface area contributed by atoms with Crippen LogP contribution in [0.5, 0.6) is 11.5 Å². The molecule has 10 nitrogen and oxygen atoms in total. The molecule has 1 N–H and O–H groups in total. The summed E-state index contributed by atoms with van der Waals surface area (Å²) in [7, 11) is 3.01. The molecule has 0 aromatic heterocycles. The van der Waals surface area contributed by atoms with Gasteiger partial charge in [-0.1, -0.05) is 21.2 Å². The number of nitrogens with one attached hydrogen (secondary N) is 1. The minimum atomic E-state index is -0.968. The second-order valence-electron chi connectivity index (χ2n) is 6.80. The Morgan fingerprint density at radius 1 is 1.06 bits per heavy atom. The number of anilines is 2. The van der Waals surface area contributed by atoms with Gasteiger partial charge < -0.3 is 14.8 Å². The summed E-state index contributed by atoms with van der Waals surface area (Å²) in [4.78, 5) is 39.3. The summed E-state index contributed by atoms with van der Waals surface area (Å²) in [5.41, 5.74) is 0.929. The first-order valence-corrected chi connectivity index (χ1v) is 10.0. The predicted molar refractivity (Wildman–Crippen MR) is 114 cm³/mol. The van der Waals surface area contributed by atoms with Crippen LogP contribution in [0.1, 0.15) is 0 Å². The first-order chi connectivity index (χ1) is 14.9. The van der Waals surface area contributed by atoms with E-state index in [2.05, 4.69) is 31.6 Å². The molecule has 11 heteroatoms. The number of hydrogen-bond donors (Lipinski definition) is 1. The highest BCUT2D eigenvalue weighted by Crippen LogP contribution is 2.33. The van der Waals surface area contributed by atoms with Gasteiger partial charge in [0.2, 0.25) is 5.91 Å². The van der Waals surface area contributed by atoms with Gasteiger partial charge in [-0.3, -0.25) is 19.4 Å². The van der Waals surface area contributed by atoms with Crippen LogP contribution in [-0.4, -0.2) is 55.6 Å². The van der Waals surface area contributed by atoms with Crippen molar-refractivity contribution in [1.82, 2.24) is 5.01 Å². The van der Waals surface area contributed by atoms with Crippen molar-refractivity contribution in [1.29, 1.82) is 0 Å². The molecule has 3 amide bonds. The molecule has 1 fully saturated rings. The van der Waals surface area contributed by atoms with Crippen molar-refractivity contribution in [2.24, 2.45) is 10.3 Å². The Balaban J connectivity index is 1.46. The van der Waals surface area contributed by atoms with Crippen molar-refractivity contribution in [3.63, 3.8) is 0 Å². The molecule has 2 aromatic carbocycles. The van der Waals surface area contributed by atoms with Gasteiger partial charge in [0.1, 0.15) is 6.54 Å². The van der Waals surface area contributed by atoms with Crippen LogP contribution >= 0.6 is 15.9 Å². The normalized spacial score (nSPS) is 19.6. The maximum atomic E-state index is 13.0. The maximum absolute atomic E-state index is 13.0. The van der Waals surface area contributed by atoms with Crippen molar-refractivity contribution in [2.75, 3.05) is 31.0 Å². The van der Waals surface area contributed by atoms with Gasteiger partial charge in [0.05, 0.1) is 19.9 Å². The van der Waals surface area contributed by atoms with Crippen LogP contribution in [0.15, 0.2) is 57.3 Å². The molecular weight excluding hydrogens is 470 g/mol. The van der Waals surface area contributed by atoms with Crippen molar-refractivity contribution in [3.05, 3.63) is 46.9 Å². The number of fused-ring (bicyclic) bond motifs is 1. The van der Waals surface area contributed by atoms with E-state index in [9.17, 15) is 14.4 Å². The molecule has 2 aliphatic heterocycles. The topological polar surface area (TPSA) is 113 Å². The van der Waals surface area contributed by atoms with Crippen molar-refractivity contribution in [3.8, 4) is 11.5 Å². The second kappa shape index (κ2) is 8.34. The van der Waals surface area contributed by atoms with E-state index in [1.165, 1.54) is 19.2 Å². The van der Waals surface area contributed by atoms with E-state index in [0.717, 1.165) is 9.37 Å². The quantitative estimate of drug-likeness (QED) is 0.625. The van der Waals surface area contributed by atoms with Crippen LogP contribution in [0.4, 0.5) is 11.4 Å². The summed E-state index contributed by atoms with van der Waals surface area (Å²) in [6, 6.07) is 9.81. The first kappa shape index (κ1) is 20.8. The third-order valence-corrected chi connectivity index (χ3v) is 5.44. The summed E-state index contributed by atoms with van der Waals surface area (Å²) in [6.07, 6.45) is 0. The van der Waals surface area contributed by atoms with Crippen LogP contribution in [0.25, 0.3) is 0 Å². The zero-order valence-corrected chi connectivity index (χ0v) is 18.2. The molecule has 160 valence electrons. The van der Waals surface area contributed by atoms with Crippen molar-refractivity contribution in [2.45, 2.75) is 12.1 Å². The maximum Gasteiger partial charge on any atom is 0.263 e. The van der Waals surface area contributed by atoms with E-state index in [4.69, 9.17) is 9.47 Å². The summed E-state index contributed by atoms with van der Waals surface area (Å²) < 4.78 is 11.2. The average Bonchev–Trinajstić information content (AvgIpc) is 3.28. The molecule has 1 saturated heterocycles. The first-order valence-electron chi connectivity index (χ1n) is 9.25. The predicted octanol–water partition coefficient (Wildman–Crippen LogP) is 2.40. The molecular formula is C20H18BrN5O5. The van der Waals surface area contributed by atoms with Gasteiger partial charge in [-0.25, -0.2) is 4.90 Å². The molecule has 2 heterocycles. The van der Waals surface area contributed by atoms with E-state index in [1.54, 1.807) is 42.5 Å². The van der Waals surface area contributed by atoms with Gasteiger partial charge in [-0.15, -0.1) is 0 Å². The highest BCUT2D eigenvalue weighted by Gasteiger charge is 2.55. The van der Waals surface area contributed by atoms with Gasteiger partial charge in [-0.05, 0) is 36.4 Å². The highest BCUT2D eigenvalue weighted by atomic mass is 79.9. The van der Waals surface area contributed by atoms with Crippen LogP contribution in [-0.2, 0) is 14.4 Å². The molecule has 0 saturated carbocycles. The van der Waals surface area contributed by atoms with E-state index < -0.39 is 29.8 Å². The highest BCUT2D eigenvalue weighted by molar-refractivity contribution is 9.10. The summed E-state index contributed by atoms with van der Waals surface area (Å²) in [5.74, 6) is -0.373. The zero-order valence-electron chi connectivity index (χ0n) is 16.6. The number of rotatable bonds is 6. The smallest absolute Gasteiger partial charge is 0.263 e. The van der Waals surface area contributed by atoms with E-state index in [1.807, 2.05) is 0 Å². The fourth-order valence-corrected chi connectivity index (χ4v) is 3.72. The summed E-state index contributed by atoms with van der Waals surface area (Å²) in [5, 5.41) is 11.8. The molecule has 0 unspecified atom stereocenters. The van der Waals surface area contributed by atoms with E-state index >= 15 is 0 Å².